The average molecular weight is 404 g/mol. The van der Waals surface area contributed by atoms with Crippen molar-refractivity contribution in [3.8, 4) is 0 Å². The number of hydrogen-bond acceptors (Lipinski definition) is 3. The monoisotopic (exact) mass is 403 g/mol. The summed E-state index contributed by atoms with van der Waals surface area (Å²) in [5.41, 5.74) is 4.70. The molecule has 0 saturated heterocycles. The number of aromatic nitrogens is 2. The molecular formula is C26H21N3Si. The summed E-state index contributed by atoms with van der Waals surface area (Å²) in [6, 6.07) is 28.6. The summed E-state index contributed by atoms with van der Waals surface area (Å²) >= 11 is 0. The van der Waals surface area contributed by atoms with E-state index in [4.69, 9.17) is 0 Å². The van der Waals surface area contributed by atoms with Crippen LogP contribution in [-0.4, -0.2) is 18.0 Å². The first kappa shape index (κ1) is 17.4. The summed E-state index contributed by atoms with van der Waals surface area (Å²) in [4.78, 5) is 11.3. The van der Waals surface area contributed by atoms with Gasteiger partial charge in [0.25, 0.3) is 0 Å². The zero-order valence-electron chi connectivity index (χ0n) is 17.0. The van der Waals surface area contributed by atoms with Crippen molar-refractivity contribution in [1.82, 2.24) is 9.97 Å². The third kappa shape index (κ3) is 2.31. The number of para-hydroxylation sites is 2. The SMILES string of the molecule is C[Si]1(C)c2ccccc2N(c2cc3ncncc3c3ccccc23)c2ccccc21. The Morgan fingerprint density at radius 1 is 0.667 bits per heavy atom. The van der Waals surface area contributed by atoms with Crippen LogP contribution in [0.2, 0.25) is 13.1 Å². The van der Waals surface area contributed by atoms with Gasteiger partial charge in [-0.2, -0.15) is 0 Å². The molecule has 0 saturated carbocycles. The number of benzene rings is 4. The van der Waals surface area contributed by atoms with Gasteiger partial charge in [0.15, 0.2) is 0 Å². The first-order valence-electron chi connectivity index (χ1n) is 10.3. The number of fused-ring (bicyclic) bond motifs is 5. The van der Waals surface area contributed by atoms with Gasteiger partial charge in [0.2, 0.25) is 0 Å². The van der Waals surface area contributed by atoms with E-state index in [0.29, 0.717) is 0 Å². The van der Waals surface area contributed by atoms with Crippen LogP contribution in [0.25, 0.3) is 21.7 Å². The van der Waals surface area contributed by atoms with Crippen LogP contribution in [0, 0.1) is 0 Å². The maximum Gasteiger partial charge on any atom is 0.117 e. The molecule has 0 aliphatic carbocycles. The van der Waals surface area contributed by atoms with Gasteiger partial charge in [0, 0.05) is 28.3 Å². The van der Waals surface area contributed by atoms with Crippen LogP contribution in [0.15, 0.2) is 91.4 Å². The third-order valence-electron chi connectivity index (χ3n) is 6.39. The van der Waals surface area contributed by atoms with E-state index in [1.54, 1.807) is 6.33 Å². The van der Waals surface area contributed by atoms with Crippen molar-refractivity contribution in [2.24, 2.45) is 0 Å². The molecule has 0 bridgehead atoms. The quantitative estimate of drug-likeness (QED) is 0.278. The summed E-state index contributed by atoms with van der Waals surface area (Å²) in [6.45, 7) is 4.90. The predicted molar refractivity (Wildman–Crippen MR) is 128 cm³/mol. The van der Waals surface area contributed by atoms with E-state index >= 15 is 0 Å². The lowest BCUT2D eigenvalue weighted by molar-refractivity contribution is 1.22. The van der Waals surface area contributed by atoms with Crippen LogP contribution in [0.4, 0.5) is 17.1 Å². The van der Waals surface area contributed by atoms with E-state index < -0.39 is 8.07 Å². The van der Waals surface area contributed by atoms with Crippen LogP contribution in [-0.2, 0) is 0 Å². The van der Waals surface area contributed by atoms with Gasteiger partial charge < -0.3 is 4.90 Å². The zero-order valence-corrected chi connectivity index (χ0v) is 18.0. The Bertz CT molecular complexity index is 1390. The number of anilines is 3. The van der Waals surface area contributed by atoms with Gasteiger partial charge in [-0.05, 0) is 34.0 Å². The van der Waals surface area contributed by atoms with Crippen LogP contribution in [0.5, 0.6) is 0 Å². The Kier molecular flexibility index (Phi) is 3.61. The standard InChI is InChI=1S/C26H21N3Si/c1-30(2)25-13-7-5-11-22(25)29(23-12-6-8-14-26(23)30)24-15-21-20(16-27-17-28-21)18-9-3-4-10-19(18)24/h3-17H,1-2H3. The number of nitrogens with zero attached hydrogens (tertiary/aromatic N) is 3. The lowest BCUT2D eigenvalue weighted by atomic mass is 10.0. The molecule has 0 amide bonds. The van der Waals surface area contributed by atoms with E-state index in [-0.39, 0.29) is 0 Å². The molecule has 0 unspecified atom stereocenters. The number of rotatable bonds is 1. The van der Waals surface area contributed by atoms with Crippen molar-refractivity contribution in [1.29, 1.82) is 0 Å². The van der Waals surface area contributed by atoms with Crippen LogP contribution < -0.4 is 15.3 Å². The molecule has 4 heteroatoms. The predicted octanol–water partition coefficient (Wildman–Crippen LogP) is 5.39. The van der Waals surface area contributed by atoms with E-state index in [9.17, 15) is 0 Å². The number of hydrogen-bond donors (Lipinski definition) is 0. The highest BCUT2D eigenvalue weighted by atomic mass is 28.3. The minimum atomic E-state index is -1.79. The van der Waals surface area contributed by atoms with Gasteiger partial charge in [0.1, 0.15) is 14.4 Å². The summed E-state index contributed by atoms with van der Waals surface area (Å²) in [5, 5.41) is 6.42. The van der Waals surface area contributed by atoms with Crippen molar-refractivity contribution in [3.05, 3.63) is 91.4 Å². The fraction of sp³-hybridized carbons (Fsp3) is 0.0769. The fourth-order valence-corrected chi connectivity index (χ4v) is 7.91. The molecule has 144 valence electrons. The van der Waals surface area contributed by atoms with Gasteiger partial charge in [0.05, 0.1) is 11.2 Å². The highest BCUT2D eigenvalue weighted by Gasteiger charge is 2.38. The zero-order chi connectivity index (χ0) is 20.3. The van der Waals surface area contributed by atoms with Crippen LogP contribution in [0.1, 0.15) is 0 Å². The molecule has 0 atom stereocenters. The van der Waals surface area contributed by atoms with E-state index in [2.05, 4.69) is 107 Å². The Balaban J connectivity index is 1.76. The van der Waals surface area contributed by atoms with Gasteiger partial charge >= 0.3 is 0 Å². The summed E-state index contributed by atoms with van der Waals surface area (Å²) in [6.07, 6.45) is 3.55. The first-order chi connectivity index (χ1) is 14.7. The summed E-state index contributed by atoms with van der Waals surface area (Å²) in [7, 11) is -1.79. The lowest BCUT2D eigenvalue weighted by Gasteiger charge is -2.41. The second-order valence-corrected chi connectivity index (χ2v) is 12.7. The minimum Gasteiger partial charge on any atom is -0.310 e. The molecule has 1 aliphatic heterocycles. The molecule has 0 spiro atoms. The van der Waals surface area contributed by atoms with Crippen LogP contribution >= 0.6 is 0 Å². The molecule has 0 fully saturated rings. The molecule has 2 heterocycles. The molecule has 6 rings (SSSR count). The maximum atomic E-state index is 4.60. The highest BCUT2D eigenvalue weighted by molar-refractivity contribution is 7.02. The van der Waals surface area contributed by atoms with Crippen molar-refractivity contribution in [2.45, 2.75) is 13.1 Å². The van der Waals surface area contributed by atoms with Crippen molar-refractivity contribution in [3.63, 3.8) is 0 Å². The topological polar surface area (TPSA) is 29.0 Å². The third-order valence-corrected chi connectivity index (χ3v) is 9.93. The second kappa shape index (κ2) is 6.25. The average Bonchev–Trinajstić information content (AvgIpc) is 2.79. The second-order valence-electron chi connectivity index (χ2n) is 8.39. The summed E-state index contributed by atoms with van der Waals surface area (Å²) in [5.74, 6) is 0. The molecule has 3 nitrogen and oxygen atoms in total. The van der Waals surface area contributed by atoms with E-state index in [1.165, 1.54) is 38.2 Å². The molecule has 0 radical (unpaired) electrons. The Hall–Kier alpha value is -3.50. The normalized spacial score (nSPS) is 14.5. The Labute approximate surface area is 176 Å². The minimum absolute atomic E-state index is 0.968. The van der Waals surface area contributed by atoms with Crippen molar-refractivity contribution >= 4 is 57.2 Å². The van der Waals surface area contributed by atoms with Gasteiger partial charge in [-0.15, -0.1) is 0 Å². The van der Waals surface area contributed by atoms with Gasteiger partial charge in [-0.3, -0.25) is 0 Å². The molecule has 5 aromatic rings. The van der Waals surface area contributed by atoms with Crippen LogP contribution in [0.3, 0.4) is 0 Å². The van der Waals surface area contributed by atoms with Gasteiger partial charge in [-0.25, -0.2) is 9.97 Å². The maximum absolute atomic E-state index is 4.60. The van der Waals surface area contributed by atoms with Gasteiger partial charge in [-0.1, -0.05) is 73.8 Å². The van der Waals surface area contributed by atoms with Crippen molar-refractivity contribution < 1.29 is 0 Å². The molecule has 1 aromatic heterocycles. The van der Waals surface area contributed by atoms with E-state index in [0.717, 1.165) is 10.9 Å². The molecule has 30 heavy (non-hydrogen) atoms. The Morgan fingerprint density at radius 2 is 1.27 bits per heavy atom. The molecule has 1 aliphatic rings. The molecule has 4 aromatic carbocycles. The smallest absolute Gasteiger partial charge is 0.117 e. The highest BCUT2D eigenvalue weighted by Crippen LogP contribution is 2.42. The molecular weight excluding hydrogens is 382 g/mol. The first-order valence-corrected chi connectivity index (χ1v) is 13.3. The summed E-state index contributed by atoms with van der Waals surface area (Å²) < 4.78 is 0. The van der Waals surface area contributed by atoms with E-state index in [1.807, 2.05) is 6.20 Å². The lowest BCUT2D eigenvalue weighted by Crippen LogP contribution is -2.58. The molecule has 0 N–H and O–H groups in total. The Morgan fingerprint density at radius 3 is 1.97 bits per heavy atom. The fourth-order valence-electron chi connectivity index (χ4n) is 4.92. The largest absolute Gasteiger partial charge is 0.310 e. The van der Waals surface area contributed by atoms with Crippen molar-refractivity contribution in [2.75, 3.05) is 4.90 Å².